The number of urea groups is 1. The van der Waals surface area contributed by atoms with E-state index in [1.807, 2.05) is 12.2 Å². The van der Waals surface area contributed by atoms with Crippen molar-refractivity contribution in [1.29, 1.82) is 0 Å². The van der Waals surface area contributed by atoms with Crippen LogP contribution in [-0.2, 0) is 0 Å². The smallest absolute Gasteiger partial charge is 0.346 e. The fourth-order valence-corrected chi connectivity index (χ4v) is 2.55. The Morgan fingerprint density at radius 2 is 2.00 bits per heavy atom. The highest BCUT2D eigenvalue weighted by molar-refractivity contribution is 6.30. The number of ether oxygens (including phenoxy) is 1. The Bertz CT molecular complexity index is 746. The molecular formula is C18H17ClN2O3. The van der Waals surface area contributed by atoms with Crippen LogP contribution in [0.3, 0.4) is 0 Å². The Labute approximate surface area is 145 Å². The van der Waals surface area contributed by atoms with E-state index in [4.69, 9.17) is 16.3 Å². The van der Waals surface area contributed by atoms with E-state index in [-0.39, 0.29) is 6.04 Å². The van der Waals surface area contributed by atoms with Gasteiger partial charge in [-0.1, -0.05) is 29.8 Å². The first-order valence-corrected chi connectivity index (χ1v) is 7.99. The van der Waals surface area contributed by atoms with E-state index < -0.39 is 6.03 Å². The summed E-state index contributed by atoms with van der Waals surface area (Å²) in [5.74, 6) is 1.21. The van der Waals surface area contributed by atoms with Crippen molar-refractivity contribution in [2.45, 2.75) is 18.9 Å². The van der Waals surface area contributed by atoms with Crippen LogP contribution in [0.5, 0.6) is 11.5 Å². The maximum Gasteiger partial charge on any atom is 0.346 e. The molecule has 0 saturated carbocycles. The van der Waals surface area contributed by atoms with Gasteiger partial charge in [0.15, 0.2) is 0 Å². The molecule has 2 aromatic carbocycles. The van der Waals surface area contributed by atoms with Gasteiger partial charge in [0.05, 0.1) is 6.04 Å². The number of allylic oxidation sites excluding steroid dienone is 1. The van der Waals surface area contributed by atoms with Crippen molar-refractivity contribution in [2.24, 2.45) is 0 Å². The van der Waals surface area contributed by atoms with E-state index >= 15 is 0 Å². The second-order valence-electron chi connectivity index (χ2n) is 5.43. The molecule has 0 saturated heterocycles. The van der Waals surface area contributed by atoms with Crippen LogP contribution in [-0.4, -0.2) is 22.3 Å². The van der Waals surface area contributed by atoms with Crippen LogP contribution in [0.15, 0.2) is 60.7 Å². The van der Waals surface area contributed by atoms with Crippen molar-refractivity contribution in [3.05, 3.63) is 65.7 Å². The van der Waals surface area contributed by atoms with E-state index in [1.165, 1.54) is 0 Å². The Hall–Kier alpha value is -2.50. The molecular weight excluding hydrogens is 328 g/mol. The second kappa shape index (κ2) is 7.38. The summed E-state index contributed by atoms with van der Waals surface area (Å²) in [5.41, 5.74) is 0.535. The molecule has 6 heteroatoms. The zero-order chi connectivity index (χ0) is 16.9. The van der Waals surface area contributed by atoms with Crippen LogP contribution in [0.2, 0.25) is 5.02 Å². The Morgan fingerprint density at radius 1 is 1.21 bits per heavy atom. The third-order valence-corrected chi connectivity index (χ3v) is 3.90. The van der Waals surface area contributed by atoms with Crippen molar-refractivity contribution < 1.29 is 14.7 Å². The molecule has 1 aliphatic rings. The molecule has 1 aliphatic carbocycles. The number of anilines is 1. The van der Waals surface area contributed by atoms with Gasteiger partial charge >= 0.3 is 6.03 Å². The summed E-state index contributed by atoms with van der Waals surface area (Å²) in [6.45, 7) is 0. The molecule has 2 N–H and O–H groups in total. The molecule has 1 atom stereocenters. The number of nitrogens with zero attached hydrogens (tertiary/aromatic N) is 1. The van der Waals surface area contributed by atoms with Crippen LogP contribution >= 0.6 is 11.6 Å². The van der Waals surface area contributed by atoms with Gasteiger partial charge < -0.3 is 10.1 Å². The van der Waals surface area contributed by atoms with Crippen molar-refractivity contribution in [1.82, 2.24) is 5.06 Å². The molecule has 0 aliphatic heterocycles. The minimum absolute atomic E-state index is 0.279. The summed E-state index contributed by atoms with van der Waals surface area (Å²) in [6.07, 6.45) is 5.35. The zero-order valence-electron chi connectivity index (χ0n) is 12.9. The van der Waals surface area contributed by atoms with Gasteiger partial charge in [0.1, 0.15) is 11.5 Å². The molecule has 0 heterocycles. The number of hydrogen-bond donors (Lipinski definition) is 2. The molecule has 0 bridgehead atoms. The van der Waals surface area contributed by atoms with Gasteiger partial charge in [-0.2, -0.15) is 5.06 Å². The lowest BCUT2D eigenvalue weighted by atomic mass is 10.2. The lowest BCUT2D eigenvalue weighted by Crippen LogP contribution is -2.38. The molecule has 1 unspecified atom stereocenters. The fourth-order valence-electron chi connectivity index (χ4n) is 2.43. The first kappa shape index (κ1) is 16.4. The molecule has 0 aromatic heterocycles. The standard InChI is InChI=1S/C18H17ClN2O3/c19-13-8-10-16(11-9-13)24-17-7-3-4-14(12-17)20-18(22)21(23)15-5-1-2-6-15/h1,3-5,7-12,15,23H,2,6H2,(H,20,22). The number of amides is 2. The van der Waals surface area contributed by atoms with E-state index in [0.717, 1.165) is 17.9 Å². The highest BCUT2D eigenvalue weighted by atomic mass is 35.5. The molecule has 2 amide bonds. The minimum atomic E-state index is -0.574. The van der Waals surface area contributed by atoms with E-state index in [0.29, 0.717) is 22.2 Å². The first-order chi connectivity index (χ1) is 11.6. The normalized spacial score (nSPS) is 16.0. The number of hydroxylamine groups is 2. The average Bonchev–Trinajstić information content (AvgIpc) is 3.11. The second-order valence-corrected chi connectivity index (χ2v) is 5.87. The van der Waals surface area contributed by atoms with Gasteiger partial charge in [-0.05, 0) is 49.2 Å². The number of rotatable bonds is 4. The quantitative estimate of drug-likeness (QED) is 0.462. The largest absolute Gasteiger partial charge is 0.457 e. The lowest BCUT2D eigenvalue weighted by Gasteiger charge is -2.21. The topological polar surface area (TPSA) is 61.8 Å². The van der Waals surface area contributed by atoms with Crippen molar-refractivity contribution >= 4 is 23.3 Å². The van der Waals surface area contributed by atoms with Gasteiger partial charge in [-0.15, -0.1) is 0 Å². The molecule has 124 valence electrons. The number of carbonyl (C=O) groups excluding carboxylic acids is 1. The predicted octanol–water partition coefficient (Wildman–Crippen LogP) is 5.07. The SMILES string of the molecule is O=C(Nc1cccc(Oc2ccc(Cl)cc2)c1)N(O)C1C=CCC1. The molecule has 3 rings (SSSR count). The maximum absolute atomic E-state index is 12.1. The van der Waals surface area contributed by atoms with Crippen molar-refractivity contribution in [3.63, 3.8) is 0 Å². The van der Waals surface area contributed by atoms with E-state index in [9.17, 15) is 10.0 Å². The molecule has 0 spiro atoms. The number of carbonyl (C=O) groups is 1. The van der Waals surface area contributed by atoms with E-state index in [2.05, 4.69) is 5.32 Å². The van der Waals surface area contributed by atoms with Crippen LogP contribution in [0.4, 0.5) is 10.5 Å². The Morgan fingerprint density at radius 3 is 2.71 bits per heavy atom. The average molecular weight is 345 g/mol. The summed E-state index contributed by atoms with van der Waals surface area (Å²) in [7, 11) is 0. The van der Waals surface area contributed by atoms with Crippen molar-refractivity contribution in [2.75, 3.05) is 5.32 Å². The van der Waals surface area contributed by atoms with Crippen LogP contribution in [0, 0.1) is 0 Å². The number of hydrogen-bond acceptors (Lipinski definition) is 3. The van der Waals surface area contributed by atoms with Gasteiger partial charge in [0.25, 0.3) is 0 Å². The van der Waals surface area contributed by atoms with Crippen LogP contribution in [0.1, 0.15) is 12.8 Å². The summed E-state index contributed by atoms with van der Waals surface area (Å²) >= 11 is 5.84. The molecule has 2 aromatic rings. The molecule has 24 heavy (non-hydrogen) atoms. The molecule has 0 fully saturated rings. The van der Waals surface area contributed by atoms with Gasteiger partial charge in [-0.3, -0.25) is 5.21 Å². The van der Waals surface area contributed by atoms with Crippen molar-refractivity contribution in [3.8, 4) is 11.5 Å². The summed E-state index contributed by atoms with van der Waals surface area (Å²) < 4.78 is 5.72. The minimum Gasteiger partial charge on any atom is -0.457 e. The van der Waals surface area contributed by atoms with Gasteiger partial charge in [0.2, 0.25) is 0 Å². The lowest BCUT2D eigenvalue weighted by molar-refractivity contribution is -0.0588. The maximum atomic E-state index is 12.1. The highest BCUT2D eigenvalue weighted by Gasteiger charge is 2.22. The molecule has 5 nitrogen and oxygen atoms in total. The van der Waals surface area contributed by atoms with Crippen LogP contribution < -0.4 is 10.1 Å². The summed E-state index contributed by atoms with van der Waals surface area (Å²) in [6, 6.07) is 13.1. The fraction of sp³-hybridized carbons (Fsp3) is 0.167. The zero-order valence-corrected chi connectivity index (χ0v) is 13.6. The van der Waals surface area contributed by atoms with E-state index in [1.54, 1.807) is 48.5 Å². The summed E-state index contributed by atoms with van der Waals surface area (Å²) in [4.78, 5) is 12.1. The molecule has 0 radical (unpaired) electrons. The number of nitrogens with one attached hydrogen (secondary N) is 1. The van der Waals surface area contributed by atoms with Gasteiger partial charge in [0, 0.05) is 16.8 Å². The summed E-state index contributed by atoms with van der Waals surface area (Å²) in [5, 5.41) is 13.9. The third-order valence-electron chi connectivity index (χ3n) is 3.64. The number of benzene rings is 2. The highest BCUT2D eigenvalue weighted by Crippen LogP contribution is 2.25. The monoisotopic (exact) mass is 344 g/mol. The Balaban J connectivity index is 1.65. The predicted molar refractivity (Wildman–Crippen MR) is 92.8 cm³/mol. The Kier molecular flexibility index (Phi) is 5.03. The number of halogens is 1. The first-order valence-electron chi connectivity index (χ1n) is 7.61. The third kappa shape index (κ3) is 4.07. The van der Waals surface area contributed by atoms with Gasteiger partial charge in [-0.25, -0.2) is 4.79 Å². The van der Waals surface area contributed by atoms with Crippen LogP contribution in [0.25, 0.3) is 0 Å².